The zero-order valence-electron chi connectivity index (χ0n) is 11.9. The van der Waals surface area contributed by atoms with Crippen molar-refractivity contribution in [3.05, 3.63) is 35.1 Å². The molecule has 0 atom stereocenters. The molecule has 0 unspecified atom stereocenters. The first-order chi connectivity index (χ1) is 9.38. The van der Waals surface area contributed by atoms with Crippen molar-refractivity contribution >= 4 is 17.5 Å². The van der Waals surface area contributed by atoms with Crippen LogP contribution in [-0.4, -0.2) is 22.0 Å². The molecule has 20 heavy (non-hydrogen) atoms. The van der Waals surface area contributed by atoms with Gasteiger partial charge < -0.3 is 10.1 Å². The van der Waals surface area contributed by atoms with E-state index < -0.39 is 0 Å². The maximum absolute atomic E-state index is 5.82. The van der Waals surface area contributed by atoms with Crippen LogP contribution in [0.5, 0.6) is 11.8 Å². The van der Waals surface area contributed by atoms with Crippen LogP contribution in [0.25, 0.3) is 0 Å². The van der Waals surface area contributed by atoms with E-state index in [4.69, 9.17) is 16.3 Å². The second-order valence-corrected chi connectivity index (χ2v) is 5.68. The average molecular weight is 293 g/mol. The molecule has 5 nitrogen and oxygen atoms in total. The second-order valence-electron chi connectivity index (χ2n) is 5.34. The van der Waals surface area contributed by atoms with E-state index in [9.17, 15) is 0 Å². The lowest BCUT2D eigenvalue weighted by atomic mass is 9.87. The summed E-state index contributed by atoms with van der Waals surface area (Å²) < 4.78 is 5.65. The number of benzene rings is 1. The summed E-state index contributed by atoms with van der Waals surface area (Å²) in [5.74, 6) is 1.04. The number of aromatic nitrogens is 3. The fourth-order valence-corrected chi connectivity index (χ4v) is 1.77. The van der Waals surface area contributed by atoms with Gasteiger partial charge in [-0.3, -0.25) is 0 Å². The topological polar surface area (TPSA) is 59.9 Å². The lowest BCUT2D eigenvalue weighted by Gasteiger charge is -2.19. The van der Waals surface area contributed by atoms with Crippen molar-refractivity contribution in [3.63, 3.8) is 0 Å². The monoisotopic (exact) mass is 292 g/mol. The quantitative estimate of drug-likeness (QED) is 0.935. The Bertz CT molecular complexity index is 610. The summed E-state index contributed by atoms with van der Waals surface area (Å²) in [6, 6.07) is 7.99. The van der Waals surface area contributed by atoms with Crippen molar-refractivity contribution in [1.29, 1.82) is 0 Å². The van der Waals surface area contributed by atoms with E-state index >= 15 is 0 Å². The molecule has 2 rings (SSSR count). The van der Waals surface area contributed by atoms with Gasteiger partial charge in [0, 0.05) is 7.05 Å². The summed E-state index contributed by atoms with van der Waals surface area (Å²) in [7, 11) is 1.70. The lowest BCUT2D eigenvalue weighted by molar-refractivity contribution is 0.438. The molecule has 0 aliphatic heterocycles. The van der Waals surface area contributed by atoms with Crippen LogP contribution in [0.3, 0.4) is 0 Å². The molecule has 106 valence electrons. The molecule has 2 aromatic rings. The Hall–Kier alpha value is -1.88. The van der Waals surface area contributed by atoms with Gasteiger partial charge in [-0.25, -0.2) is 0 Å². The van der Waals surface area contributed by atoms with Crippen LogP contribution in [0.15, 0.2) is 24.3 Å². The number of hydrogen-bond acceptors (Lipinski definition) is 5. The summed E-state index contributed by atoms with van der Waals surface area (Å²) in [6.45, 7) is 6.43. The van der Waals surface area contributed by atoms with Gasteiger partial charge in [0.2, 0.25) is 11.2 Å². The fourth-order valence-electron chi connectivity index (χ4n) is 1.62. The number of hydrogen-bond donors (Lipinski definition) is 1. The minimum atomic E-state index is 0.0479. The molecule has 0 bridgehead atoms. The summed E-state index contributed by atoms with van der Waals surface area (Å²) in [5, 5.41) is 2.89. The SMILES string of the molecule is CNc1nc(Cl)nc(Oc2cccc(C(C)(C)C)c2)n1. The number of nitrogens with one attached hydrogen (secondary N) is 1. The van der Waals surface area contributed by atoms with E-state index in [0.29, 0.717) is 11.7 Å². The smallest absolute Gasteiger partial charge is 0.328 e. The summed E-state index contributed by atoms with van der Waals surface area (Å²) in [4.78, 5) is 12.0. The highest BCUT2D eigenvalue weighted by atomic mass is 35.5. The highest BCUT2D eigenvalue weighted by Gasteiger charge is 2.14. The van der Waals surface area contributed by atoms with Crippen LogP contribution in [0.2, 0.25) is 5.28 Å². The van der Waals surface area contributed by atoms with Crippen LogP contribution in [0.4, 0.5) is 5.95 Å². The number of rotatable bonds is 3. The first-order valence-electron chi connectivity index (χ1n) is 6.26. The van der Waals surface area contributed by atoms with Gasteiger partial charge in [-0.1, -0.05) is 32.9 Å². The largest absolute Gasteiger partial charge is 0.424 e. The third kappa shape index (κ3) is 3.57. The fraction of sp³-hybridized carbons (Fsp3) is 0.357. The number of nitrogens with zero attached hydrogens (tertiary/aromatic N) is 3. The Morgan fingerprint density at radius 1 is 1.15 bits per heavy atom. The van der Waals surface area contributed by atoms with Crippen molar-refractivity contribution < 1.29 is 4.74 Å². The van der Waals surface area contributed by atoms with E-state index in [1.165, 1.54) is 5.56 Å². The number of anilines is 1. The molecule has 0 spiro atoms. The molecule has 0 amide bonds. The summed E-state index contributed by atoms with van der Waals surface area (Å²) >= 11 is 5.82. The predicted molar refractivity (Wildman–Crippen MR) is 79.6 cm³/mol. The third-order valence-corrected chi connectivity index (χ3v) is 2.89. The van der Waals surface area contributed by atoms with Gasteiger partial charge in [0.1, 0.15) is 5.75 Å². The lowest BCUT2D eigenvalue weighted by Crippen LogP contribution is -2.10. The molecule has 0 radical (unpaired) electrons. The third-order valence-electron chi connectivity index (χ3n) is 2.72. The van der Waals surface area contributed by atoms with Crippen molar-refractivity contribution in [2.24, 2.45) is 0 Å². The molecular weight excluding hydrogens is 276 g/mol. The Morgan fingerprint density at radius 2 is 1.90 bits per heavy atom. The van der Waals surface area contributed by atoms with Crippen LogP contribution in [0.1, 0.15) is 26.3 Å². The van der Waals surface area contributed by atoms with Gasteiger partial charge in [0.05, 0.1) is 0 Å². The molecular formula is C14H17ClN4O. The molecule has 1 N–H and O–H groups in total. The summed E-state index contributed by atoms with van der Waals surface area (Å²) in [6.07, 6.45) is 0. The Labute approximate surface area is 123 Å². The molecule has 1 heterocycles. The van der Waals surface area contributed by atoms with Gasteiger partial charge in [0.25, 0.3) is 0 Å². The molecule has 0 aliphatic rings. The van der Waals surface area contributed by atoms with Crippen LogP contribution >= 0.6 is 11.6 Å². The first kappa shape index (κ1) is 14.5. The van der Waals surface area contributed by atoms with Crippen LogP contribution in [-0.2, 0) is 5.41 Å². The zero-order valence-corrected chi connectivity index (χ0v) is 12.7. The van der Waals surface area contributed by atoms with Crippen molar-refractivity contribution in [1.82, 2.24) is 15.0 Å². The second kappa shape index (κ2) is 5.63. The molecule has 0 aliphatic carbocycles. The highest BCUT2D eigenvalue weighted by molar-refractivity contribution is 6.28. The van der Waals surface area contributed by atoms with Gasteiger partial charge in [-0.2, -0.15) is 15.0 Å². The summed E-state index contributed by atoms with van der Waals surface area (Å²) in [5.41, 5.74) is 1.22. The van der Waals surface area contributed by atoms with Gasteiger partial charge in [-0.15, -0.1) is 0 Å². The maximum Gasteiger partial charge on any atom is 0.328 e. The van der Waals surface area contributed by atoms with E-state index in [0.717, 1.165) is 0 Å². The molecule has 1 aromatic carbocycles. The van der Waals surface area contributed by atoms with E-state index in [-0.39, 0.29) is 16.7 Å². The van der Waals surface area contributed by atoms with Crippen molar-refractivity contribution in [3.8, 4) is 11.8 Å². The van der Waals surface area contributed by atoms with E-state index in [1.54, 1.807) is 7.05 Å². The Kier molecular flexibility index (Phi) is 4.09. The van der Waals surface area contributed by atoms with Gasteiger partial charge in [-0.05, 0) is 34.7 Å². The first-order valence-corrected chi connectivity index (χ1v) is 6.64. The van der Waals surface area contributed by atoms with E-state index in [1.807, 2.05) is 18.2 Å². The van der Waals surface area contributed by atoms with Crippen LogP contribution < -0.4 is 10.1 Å². The van der Waals surface area contributed by atoms with Gasteiger partial charge >= 0.3 is 6.01 Å². The predicted octanol–water partition coefficient (Wildman–Crippen LogP) is 3.66. The maximum atomic E-state index is 5.82. The van der Waals surface area contributed by atoms with Crippen molar-refractivity contribution in [2.75, 3.05) is 12.4 Å². The molecule has 0 saturated heterocycles. The minimum Gasteiger partial charge on any atom is -0.424 e. The molecule has 0 saturated carbocycles. The number of ether oxygens (including phenoxy) is 1. The Balaban J connectivity index is 2.28. The molecule has 6 heteroatoms. The van der Waals surface area contributed by atoms with Crippen LogP contribution in [0, 0.1) is 0 Å². The van der Waals surface area contributed by atoms with Gasteiger partial charge in [0.15, 0.2) is 0 Å². The normalized spacial score (nSPS) is 11.2. The van der Waals surface area contributed by atoms with Crippen molar-refractivity contribution in [2.45, 2.75) is 26.2 Å². The molecule has 0 fully saturated rings. The average Bonchev–Trinajstić information content (AvgIpc) is 2.37. The number of halogens is 1. The minimum absolute atomic E-state index is 0.0479. The highest BCUT2D eigenvalue weighted by Crippen LogP contribution is 2.27. The van der Waals surface area contributed by atoms with E-state index in [2.05, 4.69) is 47.1 Å². The standard InChI is InChI=1S/C14H17ClN4O/c1-14(2,3)9-6-5-7-10(8-9)20-13-18-11(15)17-12(16-4)19-13/h5-8H,1-4H3,(H,16,17,18,19). The Morgan fingerprint density at radius 3 is 2.55 bits per heavy atom. The zero-order chi connectivity index (χ0) is 14.8. The molecule has 1 aromatic heterocycles.